The second kappa shape index (κ2) is 11.9. The van der Waals surface area contributed by atoms with Crippen LogP contribution in [-0.2, 0) is 9.53 Å². The van der Waals surface area contributed by atoms with Crippen LogP contribution in [-0.4, -0.2) is 40.8 Å². The van der Waals surface area contributed by atoms with Crippen LogP contribution in [0.15, 0.2) is 66.7 Å². The minimum absolute atomic E-state index is 0.102. The Morgan fingerprint density at radius 3 is 2.12 bits per heavy atom. The standard InChI is InChI=1S/C33H35ClF2N2O3/c1-32(2,3)30(31(39)40)41-33(4,5)28(23-14-26(35)16-27(36)15-23)24-18-38(19-24)29(21-9-11-25(34)12-10-21)22-8-6-7-20(13-22)17-37/h6-16,24,28-30H,18-19H2,1-5H3,(H,39,40)/t28-,29+,30?/m1/s1. The van der Waals surface area contributed by atoms with Gasteiger partial charge in [-0.3, -0.25) is 4.90 Å². The first kappa shape index (κ1) is 30.6. The fraction of sp³-hybridized carbons (Fsp3) is 0.394. The molecule has 5 nitrogen and oxygen atoms in total. The number of hydrogen-bond donors (Lipinski definition) is 1. The molecule has 1 saturated heterocycles. The Labute approximate surface area is 245 Å². The topological polar surface area (TPSA) is 73.6 Å². The molecular weight excluding hydrogens is 546 g/mol. The molecule has 41 heavy (non-hydrogen) atoms. The average molecular weight is 581 g/mol. The van der Waals surface area contributed by atoms with Gasteiger partial charge in [-0.05, 0) is 78.3 Å². The molecule has 1 unspecified atom stereocenters. The van der Waals surface area contributed by atoms with Gasteiger partial charge in [0.1, 0.15) is 11.6 Å². The lowest BCUT2D eigenvalue weighted by atomic mass is 9.71. The number of benzene rings is 3. The second-order valence-corrected chi connectivity index (χ2v) is 12.8. The van der Waals surface area contributed by atoms with Gasteiger partial charge in [0.05, 0.1) is 23.3 Å². The molecule has 1 aliphatic rings. The summed E-state index contributed by atoms with van der Waals surface area (Å²) in [5, 5.41) is 20.1. The van der Waals surface area contributed by atoms with Gasteiger partial charge in [0.2, 0.25) is 0 Å². The number of likely N-dealkylation sites (tertiary alicyclic amines) is 1. The van der Waals surface area contributed by atoms with Crippen LogP contribution in [0.1, 0.15) is 68.8 Å². The minimum atomic E-state index is -1.13. The summed E-state index contributed by atoms with van der Waals surface area (Å²) in [7, 11) is 0. The number of aliphatic carboxylic acids is 1. The van der Waals surface area contributed by atoms with E-state index < -0.39 is 40.6 Å². The van der Waals surface area contributed by atoms with Crippen LogP contribution in [0.2, 0.25) is 5.02 Å². The summed E-state index contributed by atoms with van der Waals surface area (Å²) in [6.45, 7) is 10.0. The molecule has 8 heteroatoms. The van der Waals surface area contributed by atoms with E-state index in [1.54, 1.807) is 40.7 Å². The number of ether oxygens (including phenoxy) is 1. The van der Waals surface area contributed by atoms with Crippen LogP contribution in [0.4, 0.5) is 8.78 Å². The smallest absolute Gasteiger partial charge is 0.333 e. The first-order valence-electron chi connectivity index (χ1n) is 13.6. The summed E-state index contributed by atoms with van der Waals surface area (Å²) in [5.74, 6) is -3.10. The van der Waals surface area contributed by atoms with Crippen molar-refractivity contribution < 1.29 is 23.4 Å². The van der Waals surface area contributed by atoms with Crippen LogP contribution in [0.3, 0.4) is 0 Å². The minimum Gasteiger partial charge on any atom is -0.479 e. The van der Waals surface area contributed by atoms with Gasteiger partial charge >= 0.3 is 5.97 Å². The Morgan fingerprint density at radius 1 is 0.976 bits per heavy atom. The Bertz CT molecular complexity index is 1420. The summed E-state index contributed by atoms with van der Waals surface area (Å²) >= 11 is 6.17. The van der Waals surface area contributed by atoms with Gasteiger partial charge < -0.3 is 9.84 Å². The van der Waals surface area contributed by atoms with E-state index in [2.05, 4.69) is 11.0 Å². The molecule has 0 bridgehead atoms. The Kier molecular flexibility index (Phi) is 8.89. The van der Waals surface area contributed by atoms with E-state index >= 15 is 0 Å². The van der Waals surface area contributed by atoms with E-state index in [0.29, 0.717) is 29.2 Å². The average Bonchev–Trinajstić information content (AvgIpc) is 2.85. The Morgan fingerprint density at radius 2 is 1.59 bits per heavy atom. The lowest BCUT2D eigenvalue weighted by Gasteiger charge is -2.52. The first-order chi connectivity index (χ1) is 19.2. The number of halogens is 3. The third kappa shape index (κ3) is 6.95. The van der Waals surface area contributed by atoms with Gasteiger partial charge in [-0.2, -0.15) is 5.26 Å². The van der Waals surface area contributed by atoms with Gasteiger partial charge in [0.25, 0.3) is 0 Å². The van der Waals surface area contributed by atoms with Crippen molar-refractivity contribution in [3.8, 4) is 6.07 Å². The lowest BCUT2D eigenvalue weighted by molar-refractivity contribution is -0.182. The largest absolute Gasteiger partial charge is 0.479 e. The third-order valence-electron chi connectivity index (χ3n) is 7.72. The highest BCUT2D eigenvalue weighted by molar-refractivity contribution is 6.30. The monoisotopic (exact) mass is 580 g/mol. The molecule has 1 heterocycles. The van der Waals surface area contributed by atoms with Crippen molar-refractivity contribution in [1.82, 2.24) is 4.90 Å². The molecule has 3 aromatic rings. The molecule has 3 aromatic carbocycles. The predicted octanol–water partition coefficient (Wildman–Crippen LogP) is 7.59. The van der Waals surface area contributed by atoms with Crippen LogP contribution in [0.5, 0.6) is 0 Å². The number of carboxylic acids is 1. The highest BCUT2D eigenvalue weighted by atomic mass is 35.5. The summed E-state index contributed by atoms with van der Waals surface area (Å²) in [4.78, 5) is 14.4. The third-order valence-corrected chi connectivity index (χ3v) is 7.97. The SMILES string of the molecule is CC(C)(C)C(OC(C)(C)[C@H](c1cc(F)cc(F)c1)C1CN([C@@H](c2ccc(Cl)cc2)c2cccc(C#N)c2)C1)C(=O)O. The summed E-state index contributed by atoms with van der Waals surface area (Å²) in [6.07, 6.45) is -1.13. The van der Waals surface area contributed by atoms with E-state index in [1.165, 1.54) is 12.1 Å². The first-order valence-corrected chi connectivity index (χ1v) is 13.9. The van der Waals surface area contributed by atoms with Gasteiger partial charge in [0, 0.05) is 30.1 Å². The number of rotatable bonds is 9. The van der Waals surface area contributed by atoms with Crippen LogP contribution in [0, 0.1) is 34.3 Å². The fourth-order valence-corrected chi connectivity index (χ4v) is 6.10. The fourth-order valence-electron chi connectivity index (χ4n) is 5.98. The molecule has 0 saturated carbocycles. The van der Waals surface area contributed by atoms with Crippen LogP contribution in [0.25, 0.3) is 0 Å². The molecule has 1 fully saturated rings. The molecule has 0 aromatic heterocycles. The van der Waals surface area contributed by atoms with Crippen molar-refractivity contribution in [3.63, 3.8) is 0 Å². The zero-order valence-electron chi connectivity index (χ0n) is 23.9. The highest BCUT2D eigenvalue weighted by Gasteiger charge is 2.48. The summed E-state index contributed by atoms with van der Waals surface area (Å²) in [6, 6.07) is 20.4. The van der Waals surface area contributed by atoms with Crippen LogP contribution < -0.4 is 0 Å². The summed E-state index contributed by atoms with van der Waals surface area (Å²) in [5.41, 5.74) is 1.10. The zero-order chi connectivity index (χ0) is 30.1. The highest BCUT2D eigenvalue weighted by Crippen LogP contribution is 2.47. The van der Waals surface area contributed by atoms with Crippen molar-refractivity contribution in [2.24, 2.45) is 11.3 Å². The molecule has 4 rings (SSSR count). The van der Waals surface area contributed by atoms with E-state index in [0.717, 1.165) is 17.2 Å². The van der Waals surface area contributed by atoms with Crippen LogP contribution >= 0.6 is 11.6 Å². The van der Waals surface area contributed by atoms with E-state index in [-0.39, 0.29) is 12.0 Å². The predicted molar refractivity (Wildman–Crippen MR) is 155 cm³/mol. The van der Waals surface area contributed by atoms with Crippen molar-refractivity contribution in [2.75, 3.05) is 13.1 Å². The molecule has 0 spiro atoms. The molecule has 1 aliphatic heterocycles. The van der Waals surface area contributed by atoms with Crippen molar-refractivity contribution >= 4 is 17.6 Å². The Hall–Kier alpha value is -3.31. The maximum Gasteiger partial charge on any atom is 0.333 e. The van der Waals surface area contributed by atoms with Crippen molar-refractivity contribution in [3.05, 3.63) is 106 Å². The van der Waals surface area contributed by atoms with Crippen molar-refractivity contribution in [2.45, 2.75) is 58.3 Å². The zero-order valence-corrected chi connectivity index (χ0v) is 24.6. The maximum absolute atomic E-state index is 14.5. The number of carbonyl (C=O) groups is 1. The molecular formula is C33H35ClF2N2O3. The van der Waals surface area contributed by atoms with Gasteiger partial charge in [0.15, 0.2) is 6.10 Å². The molecule has 3 atom stereocenters. The molecule has 0 aliphatic carbocycles. The number of nitrogens with zero attached hydrogens (tertiary/aromatic N) is 2. The van der Waals surface area contributed by atoms with Crippen molar-refractivity contribution in [1.29, 1.82) is 5.26 Å². The number of hydrogen-bond acceptors (Lipinski definition) is 4. The van der Waals surface area contributed by atoms with Gasteiger partial charge in [-0.15, -0.1) is 0 Å². The van der Waals surface area contributed by atoms with E-state index in [1.807, 2.05) is 42.5 Å². The lowest BCUT2D eigenvalue weighted by Crippen LogP contribution is -2.56. The molecule has 0 radical (unpaired) electrons. The Balaban J connectivity index is 1.71. The maximum atomic E-state index is 14.5. The molecule has 216 valence electrons. The number of nitriles is 1. The second-order valence-electron chi connectivity index (χ2n) is 12.4. The molecule has 1 N–H and O–H groups in total. The van der Waals surface area contributed by atoms with E-state index in [9.17, 15) is 23.9 Å². The van der Waals surface area contributed by atoms with Gasteiger partial charge in [-0.1, -0.05) is 56.6 Å². The summed E-state index contributed by atoms with van der Waals surface area (Å²) < 4.78 is 35.3. The number of carboxylic acid groups (broad SMARTS) is 1. The van der Waals surface area contributed by atoms with Gasteiger partial charge in [-0.25, -0.2) is 13.6 Å². The normalized spacial score (nSPS) is 16.9. The van der Waals surface area contributed by atoms with E-state index in [4.69, 9.17) is 16.3 Å². The quantitative estimate of drug-likeness (QED) is 0.282. The molecule has 0 amide bonds.